The maximum atomic E-state index is 13.4. The Morgan fingerprint density at radius 2 is 1.38 bits per heavy atom. The fourth-order valence-electron chi connectivity index (χ4n) is 4.14. The Balaban J connectivity index is 1.33. The number of carbonyl (C=O) groups is 1. The molecular weight excluding hydrogens is 510 g/mol. The molecule has 5 rings (SSSR count). The van der Waals surface area contributed by atoms with E-state index in [0.29, 0.717) is 22.6 Å². The van der Waals surface area contributed by atoms with E-state index in [1.54, 1.807) is 54.6 Å². The fraction of sp³-hybridized carbons (Fsp3) is 0.0741. The van der Waals surface area contributed by atoms with Gasteiger partial charge in [0.1, 0.15) is 6.54 Å². The van der Waals surface area contributed by atoms with Crippen LogP contribution in [0.5, 0.6) is 0 Å². The van der Waals surface area contributed by atoms with E-state index in [0.717, 1.165) is 15.4 Å². The molecule has 0 saturated heterocycles. The molecule has 10 heteroatoms. The van der Waals surface area contributed by atoms with Crippen LogP contribution in [0.2, 0.25) is 0 Å². The molecule has 0 saturated carbocycles. The molecule has 0 spiro atoms. The van der Waals surface area contributed by atoms with Crippen LogP contribution in [0, 0.1) is 6.92 Å². The first-order valence-electron chi connectivity index (χ1n) is 11.4. The molecule has 1 aliphatic rings. The van der Waals surface area contributed by atoms with Crippen LogP contribution >= 0.6 is 0 Å². The molecule has 1 amide bonds. The van der Waals surface area contributed by atoms with Gasteiger partial charge in [0.05, 0.1) is 15.5 Å². The first-order valence-corrected chi connectivity index (χ1v) is 14.3. The van der Waals surface area contributed by atoms with Crippen LogP contribution in [-0.4, -0.2) is 29.3 Å². The highest BCUT2D eigenvalue weighted by Crippen LogP contribution is 2.42. The van der Waals surface area contributed by atoms with E-state index in [2.05, 4.69) is 10.0 Å². The number of carbonyl (C=O) groups excluding carboxylic acids is 1. The van der Waals surface area contributed by atoms with Gasteiger partial charge in [-0.15, -0.1) is 0 Å². The van der Waals surface area contributed by atoms with Crippen molar-refractivity contribution in [3.05, 3.63) is 103 Å². The number of hydrogen-bond donors (Lipinski definition) is 2. The number of sulfonamides is 2. The topological polar surface area (TPSA) is 113 Å². The number of fused-ring (bicyclic) bond motifs is 3. The lowest BCUT2D eigenvalue weighted by Gasteiger charge is -2.31. The van der Waals surface area contributed by atoms with Crippen molar-refractivity contribution in [1.29, 1.82) is 0 Å². The van der Waals surface area contributed by atoms with E-state index in [-0.39, 0.29) is 9.79 Å². The monoisotopic (exact) mass is 533 g/mol. The summed E-state index contributed by atoms with van der Waals surface area (Å²) in [7, 11) is -7.78. The van der Waals surface area contributed by atoms with Gasteiger partial charge in [0, 0.05) is 22.5 Å². The van der Waals surface area contributed by atoms with Gasteiger partial charge in [0.15, 0.2) is 0 Å². The van der Waals surface area contributed by atoms with E-state index in [1.165, 1.54) is 30.3 Å². The minimum atomic E-state index is -3.96. The summed E-state index contributed by atoms with van der Waals surface area (Å²) in [5.41, 5.74) is 3.50. The number of nitrogens with one attached hydrogen (secondary N) is 2. The highest BCUT2D eigenvalue weighted by molar-refractivity contribution is 7.93. The quantitative estimate of drug-likeness (QED) is 0.376. The molecule has 1 heterocycles. The Bertz CT molecular complexity index is 1700. The van der Waals surface area contributed by atoms with Crippen molar-refractivity contribution in [2.75, 3.05) is 20.9 Å². The third kappa shape index (κ3) is 4.81. The van der Waals surface area contributed by atoms with Gasteiger partial charge in [0.25, 0.3) is 20.0 Å². The van der Waals surface area contributed by atoms with Gasteiger partial charge >= 0.3 is 0 Å². The standard InChI is InChI=1S/C27H23N3O5S2/c1-19-10-12-21(13-11-19)29-36(32,33)22-16-14-20(15-17-22)28-27(31)18-30-25-8-4-2-6-23(25)24-7-3-5-9-26(24)37(30,34)35/h2-17,29H,18H2,1H3,(H,28,31). The van der Waals surface area contributed by atoms with Crippen LogP contribution in [0.25, 0.3) is 11.1 Å². The van der Waals surface area contributed by atoms with Crippen LogP contribution in [-0.2, 0) is 24.8 Å². The molecule has 37 heavy (non-hydrogen) atoms. The smallest absolute Gasteiger partial charge is 0.265 e. The lowest BCUT2D eigenvalue weighted by atomic mass is 10.0. The molecule has 1 aliphatic heterocycles. The van der Waals surface area contributed by atoms with Crippen molar-refractivity contribution in [3.63, 3.8) is 0 Å². The fourth-order valence-corrected chi connectivity index (χ4v) is 6.84. The van der Waals surface area contributed by atoms with Crippen molar-refractivity contribution < 1.29 is 21.6 Å². The number of para-hydroxylation sites is 1. The van der Waals surface area contributed by atoms with Gasteiger partial charge in [0.2, 0.25) is 5.91 Å². The summed E-state index contributed by atoms with van der Waals surface area (Å²) in [6, 6.07) is 26.3. The van der Waals surface area contributed by atoms with Crippen molar-refractivity contribution in [1.82, 2.24) is 0 Å². The van der Waals surface area contributed by atoms with Crippen LogP contribution < -0.4 is 14.3 Å². The first kappa shape index (κ1) is 24.5. The number of hydrogen-bond acceptors (Lipinski definition) is 5. The number of benzene rings is 4. The molecule has 0 atom stereocenters. The second kappa shape index (κ2) is 9.38. The maximum absolute atomic E-state index is 13.4. The summed E-state index contributed by atoms with van der Waals surface area (Å²) in [6.45, 7) is 1.46. The van der Waals surface area contributed by atoms with Crippen molar-refractivity contribution in [2.45, 2.75) is 16.7 Å². The van der Waals surface area contributed by atoms with E-state index in [9.17, 15) is 21.6 Å². The normalized spacial score (nSPS) is 13.8. The van der Waals surface area contributed by atoms with Gasteiger partial charge in [-0.2, -0.15) is 0 Å². The average molecular weight is 534 g/mol. The van der Waals surface area contributed by atoms with Crippen LogP contribution in [0.1, 0.15) is 5.56 Å². The average Bonchev–Trinajstić information content (AvgIpc) is 2.88. The van der Waals surface area contributed by atoms with Gasteiger partial charge in [-0.3, -0.25) is 13.8 Å². The highest BCUT2D eigenvalue weighted by atomic mass is 32.2. The van der Waals surface area contributed by atoms with Gasteiger partial charge in [-0.05, 0) is 55.5 Å². The summed E-state index contributed by atoms with van der Waals surface area (Å²) in [4.78, 5) is 13.1. The predicted octanol–water partition coefficient (Wildman–Crippen LogP) is 4.61. The summed E-state index contributed by atoms with van der Waals surface area (Å²) < 4.78 is 55.7. The molecule has 4 aromatic rings. The molecule has 0 unspecified atom stereocenters. The summed E-state index contributed by atoms with van der Waals surface area (Å²) in [5.74, 6) is -0.564. The minimum Gasteiger partial charge on any atom is -0.325 e. The zero-order valence-corrected chi connectivity index (χ0v) is 21.4. The molecule has 188 valence electrons. The molecule has 8 nitrogen and oxygen atoms in total. The second-order valence-corrected chi connectivity index (χ2v) is 12.1. The number of nitrogens with zero attached hydrogens (tertiary/aromatic N) is 1. The molecular formula is C27H23N3O5S2. The van der Waals surface area contributed by atoms with E-state index in [4.69, 9.17) is 0 Å². The number of rotatable bonds is 6. The molecule has 0 aromatic heterocycles. The Labute approximate surface area is 215 Å². The Hall–Kier alpha value is -4.15. The summed E-state index contributed by atoms with van der Waals surface area (Å²) in [5, 5.41) is 2.66. The van der Waals surface area contributed by atoms with Crippen LogP contribution in [0.3, 0.4) is 0 Å². The number of aryl methyl sites for hydroxylation is 1. The summed E-state index contributed by atoms with van der Waals surface area (Å²) in [6.07, 6.45) is 0. The maximum Gasteiger partial charge on any atom is 0.265 e. The predicted molar refractivity (Wildman–Crippen MR) is 143 cm³/mol. The minimum absolute atomic E-state index is 0.0233. The van der Waals surface area contributed by atoms with E-state index in [1.807, 2.05) is 19.1 Å². The zero-order valence-electron chi connectivity index (χ0n) is 19.7. The SMILES string of the molecule is Cc1ccc(NS(=O)(=O)c2ccc(NC(=O)CN3c4ccccc4-c4ccccc4S3(=O)=O)cc2)cc1. The number of anilines is 3. The molecule has 2 N–H and O–H groups in total. The van der Waals surface area contributed by atoms with Gasteiger partial charge < -0.3 is 5.32 Å². The lowest BCUT2D eigenvalue weighted by molar-refractivity contribution is -0.114. The van der Waals surface area contributed by atoms with Gasteiger partial charge in [-0.25, -0.2) is 16.8 Å². The second-order valence-electron chi connectivity index (χ2n) is 8.57. The first-order chi connectivity index (χ1) is 17.6. The van der Waals surface area contributed by atoms with Crippen molar-refractivity contribution in [3.8, 4) is 11.1 Å². The number of amides is 1. The lowest BCUT2D eigenvalue weighted by Crippen LogP contribution is -2.40. The molecule has 4 aromatic carbocycles. The molecule has 0 fully saturated rings. The Morgan fingerprint density at radius 3 is 2.08 bits per heavy atom. The third-order valence-corrected chi connectivity index (χ3v) is 9.17. The highest BCUT2D eigenvalue weighted by Gasteiger charge is 2.35. The van der Waals surface area contributed by atoms with Crippen molar-refractivity contribution >= 4 is 43.0 Å². The largest absolute Gasteiger partial charge is 0.325 e. The van der Waals surface area contributed by atoms with Crippen molar-refractivity contribution in [2.24, 2.45) is 0 Å². The van der Waals surface area contributed by atoms with E-state index < -0.39 is 32.5 Å². The van der Waals surface area contributed by atoms with Crippen LogP contribution in [0.4, 0.5) is 17.1 Å². The Kier molecular flexibility index (Phi) is 6.22. The molecule has 0 radical (unpaired) electrons. The summed E-state index contributed by atoms with van der Waals surface area (Å²) >= 11 is 0. The Morgan fingerprint density at radius 1 is 0.784 bits per heavy atom. The third-order valence-electron chi connectivity index (χ3n) is 5.96. The van der Waals surface area contributed by atoms with Gasteiger partial charge in [-0.1, -0.05) is 54.1 Å². The van der Waals surface area contributed by atoms with Crippen LogP contribution in [0.15, 0.2) is 107 Å². The molecule has 0 bridgehead atoms. The zero-order chi connectivity index (χ0) is 26.2. The van der Waals surface area contributed by atoms with E-state index >= 15 is 0 Å². The molecule has 0 aliphatic carbocycles.